The highest BCUT2D eigenvalue weighted by molar-refractivity contribution is 5.92. The molecule has 0 atom stereocenters. The van der Waals surface area contributed by atoms with Crippen molar-refractivity contribution in [1.82, 2.24) is 0 Å². The van der Waals surface area contributed by atoms with Crippen LogP contribution in [0.25, 0.3) is 68.8 Å². The van der Waals surface area contributed by atoms with E-state index in [-0.39, 0.29) is 21.7 Å². The lowest BCUT2D eigenvalue weighted by Gasteiger charge is -2.31. The van der Waals surface area contributed by atoms with Gasteiger partial charge in [0.05, 0.1) is 0 Å². The molecule has 0 N–H and O–H groups in total. The van der Waals surface area contributed by atoms with Gasteiger partial charge in [-0.3, -0.25) is 0 Å². The maximum atomic E-state index is 2.52. The van der Waals surface area contributed by atoms with Crippen LogP contribution in [0, 0.1) is 0 Å². The third-order valence-electron chi connectivity index (χ3n) is 19.4. The Labute approximate surface area is 496 Å². The zero-order valence-corrected chi connectivity index (χ0v) is 49.3. The molecule has 0 saturated carbocycles. The van der Waals surface area contributed by atoms with Crippen molar-refractivity contribution in [2.24, 2.45) is 0 Å². The smallest absolute Gasteiger partial charge is 0.0465 e. The Bertz CT molecular complexity index is 4380. The van der Waals surface area contributed by atoms with E-state index < -0.39 is 0 Å². The summed E-state index contributed by atoms with van der Waals surface area (Å²) in [6, 6.07) is 90.7. The summed E-state index contributed by atoms with van der Waals surface area (Å²) in [5.41, 5.74) is 32.7. The standard InChI is InChI=1S/C82H68N2/c1-79(2)71-25-17-15-23-63(71)67-43-38-60(50-75(67)79)84(61-39-44-68-64-24-16-18-26-72(64)80(3,4)76(68)51-61)62-40-46-70-66-42-36-56(48-74(66)82(7,8)78(70)52-62)34-32-54-29-27-53(28-30-54)31-33-55-35-41-65-69-45-37-59(49-77(69)81(5,6)73(65)47-55)83(57-19-11-9-12-20-57)58-21-13-10-14-22-58/h9-52H,1-8H3/b33-31+,34-32+. The van der Waals surface area contributed by atoms with Crippen LogP contribution in [0.2, 0.25) is 0 Å². The van der Waals surface area contributed by atoms with Crippen molar-refractivity contribution < 1.29 is 0 Å². The van der Waals surface area contributed by atoms with Crippen molar-refractivity contribution in [3.8, 4) is 44.5 Å². The minimum Gasteiger partial charge on any atom is -0.310 e. The van der Waals surface area contributed by atoms with Crippen molar-refractivity contribution in [2.75, 3.05) is 9.80 Å². The van der Waals surface area contributed by atoms with Gasteiger partial charge in [0, 0.05) is 55.8 Å². The molecule has 2 nitrogen and oxygen atoms in total. The summed E-state index contributed by atoms with van der Waals surface area (Å²) in [4.78, 5) is 4.87. The molecule has 0 amide bonds. The van der Waals surface area contributed by atoms with Crippen molar-refractivity contribution in [3.63, 3.8) is 0 Å². The molecule has 0 bridgehead atoms. The SMILES string of the molecule is CC1(C)c2ccccc2-c2ccc(N(c3ccc4c(c3)C(C)(C)c3ccccc3-4)c3ccc4c(c3)C(C)(C)c3cc(/C=C/c5ccc(/C=C/c6ccc7c(c6)C(C)(C)c6cc(N(c8ccccc8)c8ccccc8)ccc6-7)cc5)ccc3-4)cc21. The molecule has 0 aromatic heterocycles. The third kappa shape index (κ3) is 8.06. The first-order valence-corrected chi connectivity index (χ1v) is 29.9. The molecule has 406 valence electrons. The van der Waals surface area contributed by atoms with Gasteiger partial charge >= 0.3 is 0 Å². The van der Waals surface area contributed by atoms with Gasteiger partial charge in [0.2, 0.25) is 0 Å². The summed E-state index contributed by atoms with van der Waals surface area (Å²) in [6.07, 6.45) is 9.01. The molecule has 84 heavy (non-hydrogen) atoms. The van der Waals surface area contributed by atoms with Gasteiger partial charge in [0.15, 0.2) is 0 Å². The van der Waals surface area contributed by atoms with Crippen LogP contribution in [0.3, 0.4) is 0 Å². The molecule has 11 aromatic rings. The summed E-state index contributed by atoms with van der Waals surface area (Å²) in [7, 11) is 0. The first kappa shape index (κ1) is 51.4. The van der Waals surface area contributed by atoms with Crippen LogP contribution in [-0.4, -0.2) is 0 Å². The van der Waals surface area contributed by atoms with Crippen molar-refractivity contribution in [1.29, 1.82) is 0 Å². The number of hydrogen-bond donors (Lipinski definition) is 0. The van der Waals surface area contributed by atoms with Gasteiger partial charge < -0.3 is 9.80 Å². The van der Waals surface area contributed by atoms with Crippen LogP contribution in [0.5, 0.6) is 0 Å². The van der Waals surface area contributed by atoms with Gasteiger partial charge in [-0.15, -0.1) is 0 Å². The predicted molar refractivity (Wildman–Crippen MR) is 357 cm³/mol. The van der Waals surface area contributed by atoms with Crippen LogP contribution >= 0.6 is 0 Å². The lowest BCUT2D eigenvalue weighted by Crippen LogP contribution is -2.19. The molecule has 0 heterocycles. The van der Waals surface area contributed by atoms with E-state index >= 15 is 0 Å². The Morgan fingerprint density at radius 1 is 0.202 bits per heavy atom. The summed E-state index contributed by atoms with van der Waals surface area (Å²) in [5, 5.41) is 0. The quantitative estimate of drug-likeness (QED) is 0.126. The molecule has 0 unspecified atom stereocenters. The maximum Gasteiger partial charge on any atom is 0.0465 e. The number of hydrogen-bond acceptors (Lipinski definition) is 2. The minimum atomic E-state index is -0.220. The molecule has 11 aromatic carbocycles. The van der Waals surface area contributed by atoms with E-state index in [1.54, 1.807) is 0 Å². The molecule has 2 heteroatoms. The van der Waals surface area contributed by atoms with Gasteiger partial charge in [-0.2, -0.15) is 0 Å². The molecule has 0 radical (unpaired) electrons. The Hall–Kier alpha value is -9.50. The van der Waals surface area contributed by atoms with Crippen molar-refractivity contribution in [3.05, 3.63) is 309 Å². The molecular formula is C82H68N2. The molecule has 0 spiro atoms. The van der Waals surface area contributed by atoms with Gasteiger partial charge in [0.1, 0.15) is 0 Å². The fourth-order valence-electron chi connectivity index (χ4n) is 14.8. The molecule has 0 saturated heterocycles. The molecule has 0 fully saturated rings. The number of nitrogens with zero attached hydrogens (tertiary/aromatic N) is 2. The second-order valence-electron chi connectivity index (χ2n) is 25.8. The molecule has 4 aliphatic carbocycles. The molecule has 4 aliphatic rings. The van der Waals surface area contributed by atoms with Crippen molar-refractivity contribution in [2.45, 2.75) is 77.0 Å². The van der Waals surface area contributed by atoms with Crippen molar-refractivity contribution >= 4 is 58.4 Å². The Kier molecular flexibility index (Phi) is 11.6. The molecule has 15 rings (SSSR count). The van der Waals surface area contributed by atoms with Crippen LogP contribution in [-0.2, 0) is 21.7 Å². The van der Waals surface area contributed by atoms with E-state index in [9.17, 15) is 0 Å². The zero-order chi connectivity index (χ0) is 57.3. The largest absolute Gasteiger partial charge is 0.310 e. The van der Waals surface area contributed by atoms with Gasteiger partial charge in [0.25, 0.3) is 0 Å². The summed E-state index contributed by atoms with van der Waals surface area (Å²) in [5.74, 6) is 0. The fourth-order valence-corrected chi connectivity index (χ4v) is 14.8. The monoisotopic (exact) mass is 1080 g/mol. The van der Waals surface area contributed by atoms with E-state index in [2.05, 4.69) is 332 Å². The van der Waals surface area contributed by atoms with E-state index in [1.165, 1.54) is 128 Å². The predicted octanol–water partition coefficient (Wildman–Crippen LogP) is 22.2. The zero-order valence-electron chi connectivity index (χ0n) is 49.3. The normalized spacial score (nSPS) is 15.4. The van der Waals surface area contributed by atoms with Gasteiger partial charge in [-0.1, -0.05) is 250 Å². The van der Waals surface area contributed by atoms with E-state index in [4.69, 9.17) is 0 Å². The number of anilines is 6. The number of rotatable bonds is 10. The lowest BCUT2D eigenvalue weighted by atomic mass is 9.81. The first-order valence-electron chi connectivity index (χ1n) is 29.9. The number of benzene rings is 11. The van der Waals surface area contributed by atoms with Crippen LogP contribution < -0.4 is 9.80 Å². The van der Waals surface area contributed by atoms with E-state index in [1.807, 2.05) is 0 Å². The molecule has 0 aliphatic heterocycles. The van der Waals surface area contributed by atoms with Crippen LogP contribution in [0.4, 0.5) is 34.1 Å². The summed E-state index contributed by atoms with van der Waals surface area (Å²) < 4.78 is 0. The average molecular weight is 1080 g/mol. The highest BCUT2D eigenvalue weighted by Gasteiger charge is 2.41. The summed E-state index contributed by atoms with van der Waals surface area (Å²) >= 11 is 0. The van der Waals surface area contributed by atoms with Gasteiger partial charge in [-0.05, 0) is 184 Å². The number of para-hydroxylation sites is 2. The second kappa shape index (κ2) is 19.0. The van der Waals surface area contributed by atoms with E-state index in [0.29, 0.717) is 0 Å². The summed E-state index contributed by atoms with van der Waals surface area (Å²) in [6.45, 7) is 19.1. The fraction of sp³-hybridized carbons (Fsp3) is 0.146. The minimum absolute atomic E-state index is 0.121. The Balaban J connectivity index is 0.684. The third-order valence-corrected chi connectivity index (χ3v) is 19.4. The lowest BCUT2D eigenvalue weighted by molar-refractivity contribution is 0.659. The average Bonchev–Trinajstić information content (AvgIpc) is 4.30. The maximum absolute atomic E-state index is 2.52. The highest BCUT2D eigenvalue weighted by atomic mass is 15.1. The van der Waals surface area contributed by atoms with Crippen LogP contribution in [0.1, 0.15) is 122 Å². The second-order valence-corrected chi connectivity index (χ2v) is 25.8. The van der Waals surface area contributed by atoms with E-state index in [0.717, 1.165) is 17.1 Å². The Morgan fingerprint density at radius 3 is 0.786 bits per heavy atom. The number of fused-ring (bicyclic) bond motifs is 12. The van der Waals surface area contributed by atoms with Gasteiger partial charge in [-0.25, -0.2) is 0 Å². The first-order chi connectivity index (χ1) is 40.6. The topological polar surface area (TPSA) is 6.48 Å². The van der Waals surface area contributed by atoms with Crippen LogP contribution in [0.15, 0.2) is 243 Å². The highest BCUT2D eigenvalue weighted by Crippen LogP contribution is 2.56. The Morgan fingerprint density at radius 2 is 0.440 bits per heavy atom. The molecular weight excluding hydrogens is 1010 g/mol.